The summed E-state index contributed by atoms with van der Waals surface area (Å²) in [6, 6.07) is 0. The second-order valence-corrected chi connectivity index (χ2v) is 6.33. The Bertz CT molecular complexity index is 545. The SMILES string of the molecule is CC1(NC(=O)c2n[nH]c3c2CNCC3)CCC(F)(F)CC1. The van der Waals surface area contributed by atoms with Crippen molar-refractivity contribution in [2.75, 3.05) is 6.54 Å². The number of aromatic nitrogens is 2. The highest BCUT2D eigenvalue weighted by Crippen LogP contribution is 2.38. The van der Waals surface area contributed by atoms with Crippen molar-refractivity contribution in [2.45, 2.75) is 57.0 Å². The van der Waals surface area contributed by atoms with Gasteiger partial charge in [0.15, 0.2) is 5.69 Å². The Hall–Kier alpha value is -1.50. The summed E-state index contributed by atoms with van der Waals surface area (Å²) < 4.78 is 26.5. The quantitative estimate of drug-likeness (QED) is 0.779. The maximum atomic E-state index is 13.2. The van der Waals surface area contributed by atoms with Crippen LogP contribution in [0.15, 0.2) is 0 Å². The summed E-state index contributed by atoms with van der Waals surface area (Å²) >= 11 is 0. The number of H-pyrrole nitrogens is 1. The van der Waals surface area contributed by atoms with E-state index in [0.29, 0.717) is 12.2 Å². The number of nitrogens with one attached hydrogen (secondary N) is 3. The minimum Gasteiger partial charge on any atom is -0.345 e. The molecule has 0 bridgehead atoms. The number of alkyl halides is 2. The molecule has 1 aliphatic carbocycles. The molecule has 1 saturated carbocycles. The molecule has 7 heteroatoms. The van der Waals surface area contributed by atoms with Crippen molar-refractivity contribution in [2.24, 2.45) is 0 Å². The monoisotopic (exact) mass is 298 g/mol. The van der Waals surface area contributed by atoms with Crippen molar-refractivity contribution in [1.29, 1.82) is 0 Å². The maximum Gasteiger partial charge on any atom is 0.272 e. The van der Waals surface area contributed by atoms with Gasteiger partial charge < -0.3 is 10.6 Å². The lowest BCUT2D eigenvalue weighted by Crippen LogP contribution is -2.50. The fourth-order valence-corrected chi connectivity index (χ4v) is 3.04. The summed E-state index contributed by atoms with van der Waals surface area (Å²) in [4.78, 5) is 12.4. The molecule has 1 aliphatic heterocycles. The van der Waals surface area contributed by atoms with Crippen LogP contribution in [0.2, 0.25) is 0 Å². The number of carbonyl (C=O) groups excluding carboxylic acids is 1. The molecule has 0 aromatic carbocycles. The molecule has 1 fully saturated rings. The van der Waals surface area contributed by atoms with Crippen LogP contribution in [0.1, 0.15) is 54.4 Å². The van der Waals surface area contributed by atoms with Crippen molar-refractivity contribution in [3.63, 3.8) is 0 Å². The standard InChI is InChI=1S/C14H20F2N4O/c1-13(3-5-14(15,16)6-4-13)18-12(21)11-9-8-17-7-2-10(9)19-20-11/h17H,2-8H2,1H3,(H,18,21)(H,19,20). The second-order valence-electron chi connectivity index (χ2n) is 6.33. The normalized spacial score (nSPS) is 23.4. The summed E-state index contributed by atoms with van der Waals surface area (Å²) in [6.07, 6.45) is 1.04. The maximum absolute atomic E-state index is 13.2. The van der Waals surface area contributed by atoms with Crippen LogP contribution in [0.3, 0.4) is 0 Å². The number of fused-ring (bicyclic) bond motifs is 1. The summed E-state index contributed by atoms with van der Waals surface area (Å²) in [5.74, 6) is -2.87. The largest absolute Gasteiger partial charge is 0.345 e. The van der Waals surface area contributed by atoms with E-state index in [1.54, 1.807) is 0 Å². The van der Waals surface area contributed by atoms with E-state index in [1.165, 1.54) is 0 Å². The van der Waals surface area contributed by atoms with Gasteiger partial charge in [0, 0.05) is 49.1 Å². The zero-order chi connectivity index (χ0) is 15.1. The van der Waals surface area contributed by atoms with Gasteiger partial charge in [-0.2, -0.15) is 5.10 Å². The smallest absolute Gasteiger partial charge is 0.272 e. The van der Waals surface area contributed by atoms with Crippen LogP contribution in [0.5, 0.6) is 0 Å². The summed E-state index contributed by atoms with van der Waals surface area (Å²) in [5, 5.41) is 13.1. The van der Waals surface area contributed by atoms with Gasteiger partial charge in [0.1, 0.15) is 0 Å². The minimum atomic E-state index is -2.60. The van der Waals surface area contributed by atoms with Gasteiger partial charge in [0.2, 0.25) is 5.92 Å². The van der Waals surface area contributed by atoms with Crippen LogP contribution in [-0.2, 0) is 13.0 Å². The van der Waals surface area contributed by atoms with E-state index in [4.69, 9.17) is 0 Å². The molecule has 116 valence electrons. The predicted octanol–water partition coefficient (Wildman–Crippen LogP) is 1.75. The second kappa shape index (κ2) is 5.05. The molecule has 2 aliphatic rings. The van der Waals surface area contributed by atoms with E-state index in [-0.39, 0.29) is 31.6 Å². The van der Waals surface area contributed by atoms with E-state index in [9.17, 15) is 13.6 Å². The third-order valence-corrected chi connectivity index (χ3v) is 4.52. The first-order valence-corrected chi connectivity index (χ1v) is 7.36. The van der Waals surface area contributed by atoms with E-state index in [2.05, 4.69) is 20.8 Å². The van der Waals surface area contributed by atoms with Crippen molar-refractivity contribution >= 4 is 5.91 Å². The topological polar surface area (TPSA) is 69.8 Å². The molecular weight excluding hydrogens is 278 g/mol. The molecule has 2 heterocycles. The molecule has 0 saturated heterocycles. The molecule has 3 rings (SSSR count). The highest BCUT2D eigenvalue weighted by molar-refractivity contribution is 5.94. The highest BCUT2D eigenvalue weighted by Gasteiger charge is 2.42. The molecule has 3 N–H and O–H groups in total. The number of carbonyl (C=O) groups is 1. The Morgan fingerprint density at radius 2 is 2.00 bits per heavy atom. The predicted molar refractivity (Wildman–Crippen MR) is 73.3 cm³/mol. The lowest BCUT2D eigenvalue weighted by molar-refractivity contribution is -0.0522. The summed E-state index contributed by atoms with van der Waals surface area (Å²) in [7, 11) is 0. The Morgan fingerprint density at radius 1 is 1.29 bits per heavy atom. The van der Waals surface area contributed by atoms with Crippen LogP contribution in [0, 0.1) is 0 Å². The Morgan fingerprint density at radius 3 is 2.71 bits per heavy atom. The molecule has 0 atom stereocenters. The molecule has 0 radical (unpaired) electrons. The van der Waals surface area contributed by atoms with Gasteiger partial charge in [-0.15, -0.1) is 0 Å². The number of hydrogen-bond acceptors (Lipinski definition) is 3. The third-order valence-electron chi connectivity index (χ3n) is 4.52. The first-order valence-electron chi connectivity index (χ1n) is 7.36. The van der Waals surface area contributed by atoms with Gasteiger partial charge >= 0.3 is 0 Å². The molecule has 1 amide bonds. The van der Waals surface area contributed by atoms with Gasteiger partial charge in [-0.25, -0.2) is 8.78 Å². The van der Waals surface area contributed by atoms with E-state index in [1.807, 2.05) is 6.92 Å². The summed E-state index contributed by atoms with van der Waals surface area (Å²) in [5.41, 5.74) is 1.69. The third kappa shape index (κ3) is 2.92. The molecule has 0 unspecified atom stereocenters. The number of amides is 1. The number of aromatic amines is 1. The highest BCUT2D eigenvalue weighted by atomic mass is 19.3. The zero-order valence-electron chi connectivity index (χ0n) is 12.1. The van der Waals surface area contributed by atoms with Gasteiger partial charge in [0.25, 0.3) is 5.91 Å². The Kier molecular flexibility index (Phi) is 3.47. The van der Waals surface area contributed by atoms with Crippen molar-refractivity contribution < 1.29 is 13.6 Å². The van der Waals surface area contributed by atoms with E-state index < -0.39 is 11.5 Å². The number of nitrogens with zero attached hydrogens (tertiary/aromatic N) is 1. The first-order chi connectivity index (χ1) is 9.89. The van der Waals surface area contributed by atoms with Gasteiger partial charge in [-0.3, -0.25) is 9.89 Å². The van der Waals surface area contributed by atoms with Crippen LogP contribution < -0.4 is 10.6 Å². The molecule has 5 nitrogen and oxygen atoms in total. The summed E-state index contributed by atoms with van der Waals surface area (Å²) in [6.45, 7) is 3.31. The van der Waals surface area contributed by atoms with Crippen LogP contribution in [0.4, 0.5) is 8.78 Å². The zero-order valence-corrected chi connectivity index (χ0v) is 12.1. The number of halogens is 2. The molecule has 1 aromatic heterocycles. The number of hydrogen-bond donors (Lipinski definition) is 3. The minimum absolute atomic E-state index is 0.177. The lowest BCUT2D eigenvalue weighted by Gasteiger charge is -2.37. The van der Waals surface area contributed by atoms with Crippen LogP contribution in [0.25, 0.3) is 0 Å². The van der Waals surface area contributed by atoms with E-state index in [0.717, 1.165) is 24.2 Å². The van der Waals surface area contributed by atoms with Gasteiger partial charge in [-0.1, -0.05) is 0 Å². The van der Waals surface area contributed by atoms with Gasteiger partial charge in [0.05, 0.1) is 0 Å². The van der Waals surface area contributed by atoms with Crippen molar-refractivity contribution in [3.05, 3.63) is 17.0 Å². The fraction of sp³-hybridized carbons (Fsp3) is 0.714. The lowest BCUT2D eigenvalue weighted by atomic mass is 9.81. The molecule has 1 aromatic rings. The molecule has 21 heavy (non-hydrogen) atoms. The number of rotatable bonds is 2. The van der Waals surface area contributed by atoms with Crippen LogP contribution in [-0.4, -0.2) is 34.1 Å². The average Bonchev–Trinajstić information content (AvgIpc) is 2.87. The van der Waals surface area contributed by atoms with E-state index >= 15 is 0 Å². The Balaban J connectivity index is 1.71. The fourth-order valence-electron chi connectivity index (χ4n) is 3.04. The molecular formula is C14H20F2N4O. The van der Waals surface area contributed by atoms with Crippen molar-refractivity contribution in [1.82, 2.24) is 20.8 Å². The Labute approximate surface area is 121 Å². The average molecular weight is 298 g/mol. The van der Waals surface area contributed by atoms with Crippen LogP contribution >= 0.6 is 0 Å². The van der Waals surface area contributed by atoms with Gasteiger partial charge in [-0.05, 0) is 19.8 Å². The molecule has 0 spiro atoms. The first kappa shape index (κ1) is 14.4. The van der Waals surface area contributed by atoms with Crippen molar-refractivity contribution in [3.8, 4) is 0 Å².